The van der Waals surface area contributed by atoms with Crippen molar-refractivity contribution in [3.8, 4) is 23.0 Å². The number of anilines is 1. The normalized spacial score (nSPS) is 30.0. The Balaban J connectivity index is 1.66. The summed E-state index contributed by atoms with van der Waals surface area (Å²) in [6.07, 6.45) is 4.31. The van der Waals surface area contributed by atoms with E-state index in [2.05, 4.69) is 10.6 Å². The summed E-state index contributed by atoms with van der Waals surface area (Å²) in [5.74, 6) is -8.05. The Kier molecular flexibility index (Phi) is 14.2. The van der Waals surface area contributed by atoms with Crippen LogP contribution in [-0.2, 0) is 36.8 Å². The number of Topliss-reactive ketones (excluding diaryl/α,β-unsaturated/α-hetero) is 1. The molecule has 14 nitrogen and oxygen atoms in total. The van der Waals surface area contributed by atoms with Crippen LogP contribution in [0.3, 0.4) is 0 Å². The highest BCUT2D eigenvalue weighted by Gasteiger charge is 2.50. The maximum Gasteiger partial charge on any atom is 0.312 e. The standard InChI is InChI=1S/C44H56N2O12S/c1-21-12-10-13-22(2)43(54)46-34-29(20-45-17-15-28-14-11-19-59-28)38(51)31-32(39(34)52)37(50)26(6)41-33(31)42(53)44(8,58-41)56-18-16-30(55-9)23(3)40(57-27(7)47)25(5)36(49)24(4)35(21)48/h10-14,16,18-19,21,23-25,30,35-36,40,45,48-52H,15,17,20H2,1-9H3,(H,46,54)/b12-10+,18-16+,22-13-/t21-,23+,24+,25+,30-,35-,36+,40+,44-/m0/s1. The number of ketones is 1. The largest absolute Gasteiger partial charge is 0.507 e. The average Bonchev–Trinajstić information content (AvgIpc) is 3.82. The van der Waals surface area contributed by atoms with E-state index >= 15 is 0 Å². The van der Waals surface area contributed by atoms with Crippen molar-refractivity contribution in [2.45, 2.75) is 98.6 Å². The number of esters is 1. The van der Waals surface area contributed by atoms with E-state index < -0.39 is 88.8 Å². The molecule has 320 valence electrons. The van der Waals surface area contributed by atoms with Crippen LogP contribution in [0.2, 0.25) is 0 Å². The fourth-order valence-electron chi connectivity index (χ4n) is 7.84. The lowest BCUT2D eigenvalue weighted by Gasteiger charge is -2.38. The van der Waals surface area contributed by atoms with E-state index in [0.717, 1.165) is 4.88 Å². The summed E-state index contributed by atoms with van der Waals surface area (Å²) < 4.78 is 23.6. The van der Waals surface area contributed by atoms with Crippen molar-refractivity contribution in [2.24, 2.45) is 23.7 Å². The highest BCUT2D eigenvalue weighted by Crippen LogP contribution is 2.55. The molecule has 59 heavy (non-hydrogen) atoms. The molecular weight excluding hydrogens is 781 g/mol. The van der Waals surface area contributed by atoms with Crippen molar-refractivity contribution in [3.63, 3.8) is 0 Å². The van der Waals surface area contributed by atoms with E-state index in [0.29, 0.717) is 13.0 Å². The summed E-state index contributed by atoms with van der Waals surface area (Å²) in [6, 6.07) is 3.93. The highest BCUT2D eigenvalue weighted by atomic mass is 32.1. The number of carbonyl (C=O) groups is 3. The van der Waals surface area contributed by atoms with Crippen LogP contribution in [0.1, 0.15) is 74.8 Å². The SMILES string of the molecule is CO[C@H]1/C=C/O[C@@]2(C)Oc3c(C)c(O)c4c(O)c(c(CNCCc5cccs5)c(O)c4c3C2=O)NC(=O)/C(C)=C\C=C\[C@H](C)[C@H](O)[C@@H](C)[C@@H](O)[C@@H](C)[C@H](OC(C)=O)[C@@H]1C. The number of aliphatic hydroxyl groups excluding tert-OH is 2. The lowest BCUT2D eigenvalue weighted by atomic mass is 9.78. The minimum Gasteiger partial charge on any atom is -0.507 e. The lowest BCUT2D eigenvalue weighted by molar-refractivity contribution is -0.160. The van der Waals surface area contributed by atoms with E-state index in [4.69, 9.17) is 18.9 Å². The molecule has 0 fully saturated rings. The first-order valence-electron chi connectivity index (χ1n) is 19.6. The van der Waals surface area contributed by atoms with Gasteiger partial charge in [-0.2, -0.15) is 0 Å². The number of allylic oxidation sites excluding steroid dienone is 2. The number of nitrogens with one attached hydrogen (secondary N) is 2. The van der Waals surface area contributed by atoms with Crippen LogP contribution in [0, 0.1) is 30.6 Å². The first-order chi connectivity index (χ1) is 27.8. The number of benzene rings is 2. The van der Waals surface area contributed by atoms with Crippen LogP contribution in [-0.4, -0.2) is 87.0 Å². The van der Waals surface area contributed by atoms with Gasteiger partial charge in [-0.1, -0.05) is 52.0 Å². The molecule has 15 heteroatoms. The fourth-order valence-corrected chi connectivity index (χ4v) is 8.55. The zero-order valence-electron chi connectivity index (χ0n) is 34.9. The quantitative estimate of drug-likeness (QED) is 0.0617. The topological polar surface area (TPSA) is 213 Å². The van der Waals surface area contributed by atoms with Gasteiger partial charge in [-0.15, -0.1) is 11.3 Å². The summed E-state index contributed by atoms with van der Waals surface area (Å²) in [6.45, 7) is 13.0. The number of aromatic hydroxyl groups is 3. The van der Waals surface area contributed by atoms with Crippen molar-refractivity contribution in [1.29, 1.82) is 0 Å². The molecule has 3 aliphatic rings. The van der Waals surface area contributed by atoms with Gasteiger partial charge in [-0.3, -0.25) is 14.4 Å². The molecule has 0 spiro atoms. The number of ether oxygens (including phenoxy) is 4. The maximum atomic E-state index is 14.4. The van der Waals surface area contributed by atoms with Gasteiger partial charge in [0.1, 0.15) is 23.4 Å². The molecule has 7 N–H and O–H groups in total. The van der Waals surface area contributed by atoms with E-state index in [-0.39, 0.29) is 51.0 Å². The van der Waals surface area contributed by atoms with Gasteiger partial charge in [0.15, 0.2) is 5.75 Å². The Bertz CT molecular complexity index is 2150. The summed E-state index contributed by atoms with van der Waals surface area (Å²) in [7, 11) is 1.44. The van der Waals surface area contributed by atoms with Crippen molar-refractivity contribution >= 4 is 45.5 Å². The van der Waals surface area contributed by atoms with Crippen LogP contribution >= 0.6 is 11.3 Å². The number of carbonyl (C=O) groups excluding carboxylic acids is 3. The molecule has 9 atom stereocenters. The van der Waals surface area contributed by atoms with E-state index in [1.807, 2.05) is 17.5 Å². The number of hydrogen-bond donors (Lipinski definition) is 7. The molecule has 2 aromatic carbocycles. The summed E-state index contributed by atoms with van der Waals surface area (Å²) in [5.41, 5.74) is -0.00172. The molecule has 6 rings (SSSR count). The Hall–Kier alpha value is -4.93. The monoisotopic (exact) mass is 836 g/mol. The van der Waals surface area contributed by atoms with Crippen LogP contribution < -0.4 is 15.4 Å². The van der Waals surface area contributed by atoms with Gasteiger partial charge in [0.05, 0.1) is 41.2 Å². The number of methoxy groups -OCH3 is 1. The van der Waals surface area contributed by atoms with E-state index in [9.17, 15) is 39.9 Å². The average molecular weight is 837 g/mol. The predicted molar refractivity (Wildman–Crippen MR) is 224 cm³/mol. The second-order valence-corrected chi connectivity index (χ2v) is 16.7. The van der Waals surface area contributed by atoms with Gasteiger partial charge in [0.25, 0.3) is 11.7 Å². The first-order valence-corrected chi connectivity index (χ1v) is 20.5. The van der Waals surface area contributed by atoms with Crippen molar-refractivity contribution in [2.75, 3.05) is 19.0 Å². The second-order valence-electron chi connectivity index (χ2n) is 15.7. The predicted octanol–water partition coefficient (Wildman–Crippen LogP) is 6.15. The number of phenolic OH excluding ortho intramolecular Hbond substituents is 3. The van der Waals surface area contributed by atoms with Gasteiger partial charge < -0.3 is 55.1 Å². The molecule has 5 bridgehead atoms. The van der Waals surface area contributed by atoms with E-state index in [1.165, 1.54) is 46.3 Å². The third kappa shape index (κ3) is 9.14. The number of thiophene rings is 1. The maximum absolute atomic E-state index is 14.4. The Morgan fingerprint density at radius 1 is 0.983 bits per heavy atom. The Morgan fingerprint density at radius 2 is 1.69 bits per heavy atom. The van der Waals surface area contributed by atoms with Gasteiger partial charge in [-0.05, 0) is 37.8 Å². The number of fused-ring (bicyclic) bond motifs is 14. The molecule has 0 radical (unpaired) electrons. The zero-order chi connectivity index (χ0) is 43.5. The molecule has 3 aromatic rings. The number of phenols is 3. The van der Waals surface area contributed by atoms with Crippen molar-refractivity contribution in [1.82, 2.24) is 5.32 Å². The van der Waals surface area contributed by atoms with Gasteiger partial charge in [0, 0.05) is 84.7 Å². The van der Waals surface area contributed by atoms with Crippen LogP contribution in [0.15, 0.2) is 53.7 Å². The molecular formula is C44H56N2O12S. The third-order valence-electron chi connectivity index (χ3n) is 11.5. The van der Waals surface area contributed by atoms with Crippen molar-refractivity contribution in [3.05, 3.63) is 75.2 Å². The molecule has 0 aliphatic carbocycles. The molecule has 3 aliphatic heterocycles. The second kappa shape index (κ2) is 18.6. The molecule has 0 saturated heterocycles. The Morgan fingerprint density at radius 3 is 2.34 bits per heavy atom. The minimum absolute atomic E-state index is 0.0535. The summed E-state index contributed by atoms with van der Waals surface area (Å²) in [5, 5.41) is 65.8. The highest BCUT2D eigenvalue weighted by molar-refractivity contribution is 7.09. The number of aliphatic hydroxyl groups is 2. The Labute approximate surface area is 348 Å². The van der Waals surface area contributed by atoms with Gasteiger partial charge in [-0.25, -0.2) is 0 Å². The minimum atomic E-state index is -2.02. The summed E-state index contributed by atoms with van der Waals surface area (Å²) >= 11 is 1.59. The van der Waals surface area contributed by atoms with Crippen LogP contribution in [0.25, 0.3) is 10.8 Å². The smallest absolute Gasteiger partial charge is 0.312 e. The van der Waals surface area contributed by atoms with Crippen molar-refractivity contribution < 1.29 is 58.9 Å². The zero-order valence-corrected chi connectivity index (χ0v) is 35.7. The molecule has 4 heterocycles. The first kappa shape index (κ1) is 45.2. The fraction of sp³-hybridized carbons (Fsp3) is 0.477. The van der Waals surface area contributed by atoms with E-state index in [1.54, 1.807) is 58.1 Å². The van der Waals surface area contributed by atoms with Crippen LogP contribution in [0.5, 0.6) is 23.0 Å². The van der Waals surface area contributed by atoms with Gasteiger partial charge >= 0.3 is 11.8 Å². The number of hydrogen-bond acceptors (Lipinski definition) is 14. The molecule has 0 unspecified atom stereocenters. The number of amides is 1. The van der Waals surface area contributed by atoms with Gasteiger partial charge in [0.2, 0.25) is 0 Å². The number of rotatable bonds is 7. The third-order valence-corrected chi connectivity index (χ3v) is 12.5. The molecule has 1 aromatic heterocycles. The molecule has 0 saturated carbocycles. The lowest BCUT2D eigenvalue weighted by Crippen LogP contribution is -2.46. The summed E-state index contributed by atoms with van der Waals surface area (Å²) in [4.78, 5) is 41.6. The van der Waals surface area contributed by atoms with Crippen LogP contribution in [0.4, 0.5) is 5.69 Å². The molecule has 1 amide bonds.